The monoisotopic (exact) mass is 368 g/mol. The van der Waals surface area contributed by atoms with Crippen molar-refractivity contribution in [2.45, 2.75) is 26.2 Å². The number of aryl methyl sites for hydroxylation is 1. The first-order valence-corrected chi connectivity index (χ1v) is 7.69. The van der Waals surface area contributed by atoms with Gasteiger partial charge in [0, 0.05) is 18.4 Å². The average molecular weight is 368 g/mol. The van der Waals surface area contributed by atoms with E-state index < -0.39 is 23.4 Å². The van der Waals surface area contributed by atoms with Crippen molar-refractivity contribution >= 4 is 17.6 Å². The fourth-order valence-electron chi connectivity index (χ4n) is 2.65. The predicted molar refractivity (Wildman–Crippen MR) is 85.8 cm³/mol. The molecule has 0 spiro atoms. The van der Waals surface area contributed by atoms with Crippen molar-refractivity contribution in [1.29, 1.82) is 0 Å². The molecule has 0 bridgehead atoms. The summed E-state index contributed by atoms with van der Waals surface area (Å²) in [6.07, 6.45) is -3.19. The van der Waals surface area contributed by atoms with Gasteiger partial charge in [0.25, 0.3) is 0 Å². The van der Waals surface area contributed by atoms with Gasteiger partial charge in [-0.2, -0.15) is 13.2 Å². The maximum absolute atomic E-state index is 13.0. The molecule has 0 N–H and O–H groups in total. The molecule has 1 aromatic heterocycles. The number of carbonyl (C=O) groups is 1. The van der Waals surface area contributed by atoms with Gasteiger partial charge in [-0.05, 0) is 25.1 Å². The second-order valence-corrected chi connectivity index (χ2v) is 5.55. The Bertz CT molecular complexity index is 943. The summed E-state index contributed by atoms with van der Waals surface area (Å²) in [4.78, 5) is 25.6. The lowest BCUT2D eigenvalue weighted by atomic mass is 10.1. The maximum atomic E-state index is 13.0. The minimum absolute atomic E-state index is 0.0731. The molecule has 138 valence electrons. The van der Waals surface area contributed by atoms with Crippen molar-refractivity contribution in [3.8, 4) is 0 Å². The van der Waals surface area contributed by atoms with E-state index in [-0.39, 0.29) is 30.3 Å². The highest BCUT2D eigenvalue weighted by molar-refractivity contribution is 5.90. The first-order chi connectivity index (χ1) is 12.3. The van der Waals surface area contributed by atoms with Gasteiger partial charge in [-0.15, -0.1) is 5.10 Å². The van der Waals surface area contributed by atoms with Crippen LogP contribution >= 0.6 is 0 Å². The highest BCUT2D eigenvalue weighted by Gasteiger charge is 2.32. The Morgan fingerprint density at radius 3 is 2.69 bits per heavy atom. The second-order valence-electron chi connectivity index (χ2n) is 5.55. The largest absolute Gasteiger partial charge is 0.466 e. The molecule has 0 fully saturated rings. The number of nitrogens with zero attached hydrogens (tertiary/aromatic N) is 4. The summed E-state index contributed by atoms with van der Waals surface area (Å²) >= 11 is 0. The van der Waals surface area contributed by atoms with Crippen LogP contribution in [0.25, 0.3) is 0 Å². The second kappa shape index (κ2) is 6.36. The predicted octanol–water partition coefficient (Wildman–Crippen LogP) is 2.29. The van der Waals surface area contributed by atoms with Gasteiger partial charge in [0.2, 0.25) is 5.95 Å². The number of aromatic nitrogens is 3. The van der Waals surface area contributed by atoms with Crippen LogP contribution in [0.15, 0.2) is 40.8 Å². The third kappa shape index (κ3) is 2.98. The molecule has 3 rings (SSSR count). The topological polar surface area (TPSA) is 69.4 Å². The zero-order valence-corrected chi connectivity index (χ0v) is 13.9. The van der Waals surface area contributed by atoms with Crippen LogP contribution in [-0.2, 0) is 28.8 Å². The first-order valence-electron chi connectivity index (χ1n) is 7.69. The highest BCUT2D eigenvalue weighted by atomic mass is 19.4. The van der Waals surface area contributed by atoms with Gasteiger partial charge in [-0.25, -0.2) is 14.3 Å². The lowest BCUT2D eigenvalue weighted by Crippen LogP contribution is -2.31. The fourth-order valence-corrected chi connectivity index (χ4v) is 2.65. The van der Waals surface area contributed by atoms with Crippen molar-refractivity contribution in [3.05, 3.63) is 52.1 Å². The Hall–Kier alpha value is -3.04. The third-order valence-electron chi connectivity index (χ3n) is 3.93. The molecular formula is C16H15F3N4O3. The van der Waals surface area contributed by atoms with Gasteiger partial charge >= 0.3 is 17.8 Å². The first kappa shape index (κ1) is 17.8. The van der Waals surface area contributed by atoms with Gasteiger partial charge in [0.1, 0.15) is 0 Å². The van der Waals surface area contributed by atoms with Crippen molar-refractivity contribution < 1.29 is 22.7 Å². The number of fused-ring (bicyclic) bond motifs is 1. The number of anilines is 2. The highest BCUT2D eigenvalue weighted by Crippen LogP contribution is 2.34. The van der Waals surface area contributed by atoms with Crippen LogP contribution < -0.4 is 10.6 Å². The minimum Gasteiger partial charge on any atom is -0.466 e. The Morgan fingerprint density at radius 2 is 2.08 bits per heavy atom. The van der Waals surface area contributed by atoms with Crippen LogP contribution in [0.4, 0.5) is 24.8 Å². The van der Waals surface area contributed by atoms with E-state index >= 15 is 0 Å². The summed E-state index contributed by atoms with van der Waals surface area (Å²) in [5.74, 6) is -0.549. The van der Waals surface area contributed by atoms with Crippen LogP contribution in [0.2, 0.25) is 0 Å². The number of esters is 1. The Morgan fingerprint density at radius 1 is 1.35 bits per heavy atom. The molecule has 0 radical (unpaired) electrons. The number of alkyl halides is 3. The van der Waals surface area contributed by atoms with E-state index in [1.165, 1.54) is 39.6 Å². The Kier molecular flexibility index (Phi) is 4.34. The standard InChI is InChI=1S/C16H15F3N4O3/c1-3-23-15(25)22-9-10(13(24)26-2)8-21(14(22)20-23)12-6-4-5-11(7-12)16(17,18)19/h4-8H,3,9H2,1-2H3. The average Bonchev–Trinajstić information content (AvgIpc) is 2.95. The van der Waals surface area contributed by atoms with Gasteiger partial charge in [-0.3, -0.25) is 9.47 Å². The van der Waals surface area contributed by atoms with E-state index in [1.807, 2.05) is 0 Å². The molecular weight excluding hydrogens is 353 g/mol. The number of benzene rings is 1. The van der Waals surface area contributed by atoms with Gasteiger partial charge in [0.05, 0.1) is 24.8 Å². The Labute approximate surface area is 145 Å². The Balaban J connectivity index is 2.17. The van der Waals surface area contributed by atoms with Gasteiger partial charge in [0.15, 0.2) is 0 Å². The van der Waals surface area contributed by atoms with Crippen molar-refractivity contribution in [1.82, 2.24) is 14.3 Å². The third-order valence-corrected chi connectivity index (χ3v) is 3.93. The molecule has 1 aliphatic rings. The quantitative estimate of drug-likeness (QED) is 0.778. The lowest BCUT2D eigenvalue weighted by molar-refractivity contribution is -0.138. The summed E-state index contributed by atoms with van der Waals surface area (Å²) in [7, 11) is 1.19. The summed E-state index contributed by atoms with van der Waals surface area (Å²) in [5.41, 5.74) is -1.07. The van der Waals surface area contributed by atoms with E-state index in [0.717, 1.165) is 12.1 Å². The molecule has 2 aromatic rings. The molecule has 0 saturated carbocycles. The molecule has 0 aliphatic carbocycles. The SMILES string of the molecule is CCn1nc2n(c1=O)CC(C(=O)OC)=CN2c1cccc(C(F)(F)F)c1. The van der Waals surface area contributed by atoms with Crippen molar-refractivity contribution in [2.24, 2.45) is 0 Å². The number of ether oxygens (including phenoxy) is 1. The number of hydrogen-bond donors (Lipinski definition) is 0. The van der Waals surface area contributed by atoms with Crippen LogP contribution in [0.1, 0.15) is 12.5 Å². The number of carbonyl (C=O) groups excluding carboxylic acids is 1. The number of rotatable bonds is 3. The molecule has 1 aliphatic heterocycles. The summed E-state index contributed by atoms with van der Waals surface area (Å²) in [6.45, 7) is 1.92. The summed E-state index contributed by atoms with van der Waals surface area (Å²) in [5, 5.41) is 4.15. The van der Waals surface area contributed by atoms with Crippen molar-refractivity contribution in [3.63, 3.8) is 0 Å². The fraction of sp³-hybridized carbons (Fsp3) is 0.312. The molecule has 10 heteroatoms. The number of halogens is 3. The normalized spacial score (nSPS) is 14.0. The lowest BCUT2D eigenvalue weighted by Gasteiger charge is -2.25. The zero-order valence-electron chi connectivity index (χ0n) is 13.9. The van der Waals surface area contributed by atoms with Crippen molar-refractivity contribution in [2.75, 3.05) is 12.0 Å². The molecule has 1 aromatic carbocycles. The van der Waals surface area contributed by atoms with Gasteiger partial charge in [-0.1, -0.05) is 6.07 Å². The van der Waals surface area contributed by atoms with Gasteiger partial charge < -0.3 is 4.74 Å². The number of hydrogen-bond acceptors (Lipinski definition) is 5. The summed E-state index contributed by atoms with van der Waals surface area (Å²) in [6, 6.07) is 4.55. The molecule has 26 heavy (non-hydrogen) atoms. The van der Waals surface area contributed by atoms with E-state index in [2.05, 4.69) is 9.84 Å². The smallest absolute Gasteiger partial charge is 0.416 e. The van der Waals surface area contributed by atoms with E-state index in [0.29, 0.717) is 0 Å². The molecule has 2 heterocycles. The molecule has 0 unspecified atom stereocenters. The molecule has 0 atom stereocenters. The molecule has 7 nitrogen and oxygen atoms in total. The zero-order chi connectivity index (χ0) is 19.1. The van der Waals surface area contributed by atoms with Crippen LogP contribution in [0.3, 0.4) is 0 Å². The van der Waals surface area contributed by atoms with E-state index in [1.54, 1.807) is 6.92 Å². The van der Waals surface area contributed by atoms with Crippen LogP contribution in [-0.4, -0.2) is 27.4 Å². The van der Waals surface area contributed by atoms with Crippen LogP contribution in [0, 0.1) is 0 Å². The molecule has 0 saturated heterocycles. The summed E-state index contributed by atoms with van der Waals surface area (Å²) < 4.78 is 46.2. The molecule has 0 amide bonds. The van der Waals surface area contributed by atoms with E-state index in [9.17, 15) is 22.8 Å². The van der Waals surface area contributed by atoms with Crippen LogP contribution in [0.5, 0.6) is 0 Å². The maximum Gasteiger partial charge on any atom is 0.416 e. The van der Waals surface area contributed by atoms with E-state index in [4.69, 9.17) is 0 Å². The number of methoxy groups -OCH3 is 1. The minimum atomic E-state index is -4.52.